The van der Waals surface area contributed by atoms with Crippen LogP contribution in [0.1, 0.15) is 53.4 Å². The Morgan fingerprint density at radius 2 is 0.850 bits per heavy atom. The van der Waals surface area contributed by atoms with Crippen molar-refractivity contribution in [2.75, 3.05) is 72.0 Å². The number of H-pyrrole nitrogens is 2. The van der Waals surface area contributed by atoms with Crippen molar-refractivity contribution in [3.8, 4) is 0 Å². The van der Waals surface area contributed by atoms with Gasteiger partial charge in [0.1, 0.15) is 0 Å². The Morgan fingerprint density at radius 3 is 1.07 bits per heavy atom. The third-order valence-corrected chi connectivity index (χ3v) is 7.88. The van der Waals surface area contributed by atoms with Gasteiger partial charge in [0.15, 0.2) is 0 Å². The van der Waals surface area contributed by atoms with Crippen molar-refractivity contribution in [2.45, 2.75) is 53.4 Å². The van der Waals surface area contributed by atoms with Crippen LogP contribution < -0.4 is 66.8 Å². The molecule has 4 heterocycles. The van der Waals surface area contributed by atoms with E-state index in [9.17, 15) is 0 Å². The van der Waals surface area contributed by atoms with E-state index >= 15 is 0 Å². The topological polar surface area (TPSA) is 226 Å². The summed E-state index contributed by atoms with van der Waals surface area (Å²) < 4.78 is 67.9. The number of nitrogens with zero attached hydrogens (tertiary/aromatic N) is 4. The molecule has 2 saturated heterocycles. The van der Waals surface area contributed by atoms with Gasteiger partial charge >= 0.3 is 0 Å². The van der Waals surface area contributed by atoms with E-state index in [1.807, 2.05) is 22.7 Å². The predicted molar refractivity (Wildman–Crippen MR) is 132 cm³/mol. The van der Waals surface area contributed by atoms with E-state index in [4.69, 9.17) is 37.3 Å². The molecule has 14 nitrogen and oxygen atoms in total. The molecule has 18 heteroatoms. The van der Waals surface area contributed by atoms with Gasteiger partial charge in [-0.2, -0.15) is 0 Å². The van der Waals surface area contributed by atoms with Gasteiger partial charge in [-0.15, -0.1) is 20.5 Å². The van der Waals surface area contributed by atoms with Crippen molar-refractivity contribution in [1.29, 1.82) is 0 Å². The highest BCUT2D eigenvalue weighted by Crippen LogP contribution is 2.24. The molecule has 0 radical (unpaired) electrons. The van der Waals surface area contributed by atoms with Gasteiger partial charge in [-0.25, -0.2) is 47.2 Å². The van der Waals surface area contributed by atoms with Crippen LogP contribution in [0.5, 0.6) is 0 Å². The summed E-state index contributed by atoms with van der Waals surface area (Å²) in [7, 11) is -9.89. The smallest absolute Gasteiger partial charge is 0.280 e. The average molecular weight is 652 g/mol. The molecule has 0 aromatic carbocycles. The number of aromatic nitrogens is 2. The lowest BCUT2D eigenvalue weighted by molar-refractivity contribution is -2.00. The molecule has 0 amide bonds. The van der Waals surface area contributed by atoms with Crippen molar-refractivity contribution >= 4 is 44.6 Å². The molecule has 2 aliphatic rings. The first-order valence-corrected chi connectivity index (χ1v) is 17.2. The number of rotatable bonds is 8. The molecule has 0 unspecified atom stereocenters. The minimum atomic E-state index is -4.94. The van der Waals surface area contributed by atoms with Crippen LogP contribution in [0.3, 0.4) is 0 Å². The van der Waals surface area contributed by atoms with E-state index in [1.165, 1.54) is 73.8 Å². The summed E-state index contributed by atoms with van der Waals surface area (Å²) in [4.78, 5) is 16.7. The van der Waals surface area contributed by atoms with E-state index < -0.39 is 20.5 Å². The summed E-state index contributed by atoms with van der Waals surface area (Å²) in [5.41, 5.74) is 0. The van der Waals surface area contributed by atoms with Gasteiger partial charge in [0.2, 0.25) is 11.6 Å². The Kier molecular flexibility index (Phi) is 16.8. The van der Waals surface area contributed by atoms with E-state index in [2.05, 4.69) is 68.0 Å². The molecule has 2 aromatic rings. The standard InChI is InChI=1S/2C11H19N3S.2ClHO4/c2*1-3-13(4-2)11-12-10(9-15-11)14-7-5-6-8-14;2*2-1(3,4)5/h2*9H,3-8H2,1-2H3;2*(H,2,3,4,5). The number of anilines is 4. The molecule has 0 saturated carbocycles. The third kappa shape index (κ3) is 15.6. The Bertz CT molecular complexity index is 808. The lowest BCUT2D eigenvalue weighted by Gasteiger charge is -2.17. The minimum absolute atomic E-state index is 1.08. The number of halogens is 2. The number of aromatic amines is 2. The highest BCUT2D eigenvalue weighted by atomic mass is 35.7. The normalized spacial score (nSPS) is 15.0. The first-order valence-electron chi connectivity index (χ1n) is 12.9. The van der Waals surface area contributed by atoms with Gasteiger partial charge in [-0.05, 0) is 53.4 Å². The second-order valence-electron chi connectivity index (χ2n) is 8.59. The predicted octanol–water partition coefficient (Wildman–Crippen LogP) is -5.49. The number of hydrogen-bond donors (Lipinski definition) is 0. The van der Waals surface area contributed by atoms with Gasteiger partial charge in [0.05, 0.1) is 63.1 Å². The lowest BCUT2D eigenvalue weighted by atomic mass is 10.4. The highest BCUT2D eigenvalue weighted by Gasteiger charge is 2.22. The van der Waals surface area contributed by atoms with Crippen LogP contribution in [0.25, 0.3) is 0 Å². The van der Waals surface area contributed by atoms with Gasteiger partial charge in [-0.3, -0.25) is 19.6 Å². The van der Waals surface area contributed by atoms with Gasteiger partial charge in [0.25, 0.3) is 10.3 Å². The van der Waals surface area contributed by atoms with Crippen molar-refractivity contribution in [2.24, 2.45) is 0 Å². The second kappa shape index (κ2) is 18.3. The fourth-order valence-electron chi connectivity index (χ4n) is 4.11. The fraction of sp³-hybridized carbons (Fsp3) is 0.727. The highest BCUT2D eigenvalue weighted by molar-refractivity contribution is 7.13. The molecule has 0 bridgehead atoms. The van der Waals surface area contributed by atoms with Crippen LogP contribution in [0.15, 0.2) is 10.8 Å². The van der Waals surface area contributed by atoms with E-state index in [1.54, 1.807) is 0 Å². The zero-order valence-corrected chi connectivity index (χ0v) is 26.4. The fourth-order valence-corrected chi connectivity index (χ4v) is 6.12. The molecule has 0 spiro atoms. The number of thiazole rings is 2. The van der Waals surface area contributed by atoms with E-state index in [0.29, 0.717) is 0 Å². The Labute approximate surface area is 247 Å². The van der Waals surface area contributed by atoms with Crippen LogP contribution in [-0.4, -0.2) is 52.4 Å². The summed E-state index contributed by atoms with van der Waals surface area (Å²) >= 11 is 3.64. The second-order valence-corrected chi connectivity index (χ2v) is 11.8. The van der Waals surface area contributed by atoms with Crippen molar-refractivity contribution in [1.82, 2.24) is 0 Å². The molecule has 2 N–H and O–H groups in total. The number of nitrogens with one attached hydrogen (secondary N) is 2. The van der Waals surface area contributed by atoms with Crippen LogP contribution in [-0.2, 0) is 0 Å². The molecule has 0 aliphatic carbocycles. The molecule has 2 fully saturated rings. The van der Waals surface area contributed by atoms with Crippen molar-refractivity contribution in [3.63, 3.8) is 0 Å². The number of hydrogen-bond acceptors (Lipinski definition) is 14. The SMILES string of the molecule is CCN(CC)c1[nH+]c(N2CCCC2)cs1.CCN(CC)c1[nH+]c(N2CCCC2)cs1.[O-][Cl+3]([O-])([O-])[O-].[O-][Cl+3]([O-])([O-])[O-]. The Hall–Kier alpha value is -1.28. The first kappa shape index (κ1) is 36.7. The summed E-state index contributed by atoms with van der Waals surface area (Å²) in [6.07, 6.45) is 5.35. The van der Waals surface area contributed by atoms with E-state index in [0.717, 1.165) is 26.2 Å². The molecule has 232 valence electrons. The molecular formula is C22H40Cl2N6O8S2. The maximum atomic E-state index is 8.49. The zero-order valence-electron chi connectivity index (χ0n) is 23.3. The molecule has 0 atom stereocenters. The molecule has 2 aromatic heterocycles. The largest absolute Gasteiger partial charge is 0.292 e. The molecular weight excluding hydrogens is 611 g/mol. The molecule has 40 heavy (non-hydrogen) atoms. The van der Waals surface area contributed by atoms with Gasteiger partial charge in [-0.1, -0.05) is 22.7 Å². The third-order valence-electron chi connectivity index (χ3n) is 6.03. The zero-order chi connectivity index (χ0) is 30.3. The molecule has 4 rings (SSSR count). The monoisotopic (exact) mass is 650 g/mol. The van der Waals surface area contributed by atoms with Crippen LogP contribution in [0, 0.1) is 20.5 Å². The molecule has 2 aliphatic heterocycles. The minimum Gasteiger partial charge on any atom is -0.292 e. The van der Waals surface area contributed by atoms with Crippen LogP contribution >= 0.6 is 22.7 Å². The van der Waals surface area contributed by atoms with Gasteiger partial charge < -0.3 is 0 Å². The summed E-state index contributed by atoms with van der Waals surface area (Å²) in [6.45, 7) is 18.0. The Balaban J connectivity index is 0.000000302. The quantitative estimate of drug-likeness (QED) is 0.261. The Morgan fingerprint density at radius 1 is 0.600 bits per heavy atom. The van der Waals surface area contributed by atoms with Crippen molar-refractivity contribution < 1.29 is 67.7 Å². The summed E-state index contributed by atoms with van der Waals surface area (Å²) in [5.74, 6) is 2.61. The first-order chi connectivity index (χ1) is 18.7. The van der Waals surface area contributed by atoms with Gasteiger partial charge in [0, 0.05) is 0 Å². The maximum absolute atomic E-state index is 8.49. The van der Waals surface area contributed by atoms with Crippen LogP contribution in [0.2, 0.25) is 0 Å². The maximum Gasteiger partial charge on any atom is 0.280 e. The average Bonchev–Trinajstić information content (AvgIpc) is 3.66. The summed E-state index contributed by atoms with van der Waals surface area (Å²) in [6, 6.07) is 0. The lowest BCUT2D eigenvalue weighted by Crippen LogP contribution is -2.68. The van der Waals surface area contributed by atoms with E-state index in [-0.39, 0.29) is 0 Å². The summed E-state index contributed by atoms with van der Waals surface area (Å²) in [5, 5.41) is 7.08. The van der Waals surface area contributed by atoms with Crippen molar-refractivity contribution in [3.05, 3.63) is 10.8 Å². The van der Waals surface area contributed by atoms with Crippen LogP contribution in [0.4, 0.5) is 21.9 Å².